The molecule has 2 aromatic carbocycles. The van der Waals surface area contributed by atoms with Crippen LogP contribution in [0.3, 0.4) is 0 Å². The summed E-state index contributed by atoms with van der Waals surface area (Å²) in [5.74, 6) is 0.594. The van der Waals surface area contributed by atoms with E-state index in [1.165, 1.54) is 0 Å². The van der Waals surface area contributed by atoms with Gasteiger partial charge in [0.1, 0.15) is 11.3 Å². The molecule has 114 valence electrons. The number of aromatic amines is 1. The highest BCUT2D eigenvalue weighted by Crippen LogP contribution is 2.24. The maximum absolute atomic E-state index is 12.4. The number of benzene rings is 2. The summed E-state index contributed by atoms with van der Waals surface area (Å²) >= 11 is 0. The van der Waals surface area contributed by atoms with Gasteiger partial charge in [-0.3, -0.25) is 9.89 Å². The van der Waals surface area contributed by atoms with Gasteiger partial charge in [-0.2, -0.15) is 5.10 Å². The summed E-state index contributed by atoms with van der Waals surface area (Å²) in [5, 5.41) is 11.8. The quantitative estimate of drug-likeness (QED) is 0.605. The predicted octanol–water partition coefficient (Wildman–Crippen LogP) is 3.80. The summed E-state index contributed by atoms with van der Waals surface area (Å²) in [6.07, 6.45) is 1.73. The second-order valence-electron chi connectivity index (χ2n) is 5.55. The first kappa shape index (κ1) is 13.6. The molecule has 2 aromatic heterocycles. The Morgan fingerprint density at radius 1 is 1.17 bits per heavy atom. The van der Waals surface area contributed by atoms with E-state index >= 15 is 0 Å². The number of nitrogens with zero attached hydrogens (tertiary/aromatic N) is 1. The Bertz CT molecular complexity index is 967. The molecule has 2 N–H and O–H groups in total. The van der Waals surface area contributed by atoms with Gasteiger partial charge in [0.25, 0.3) is 5.91 Å². The van der Waals surface area contributed by atoms with E-state index in [0.29, 0.717) is 5.56 Å². The van der Waals surface area contributed by atoms with Crippen molar-refractivity contribution in [3.63, 3.8) is 0 Å². The molecule has 0 aliphatic heterocycles. The molecule has 0 bridgehead atoms. The van der Waals surface area contributed by atoms with Crippen LogP contribution >= 0.6 is 0 Å². The van der Waals surface area contributed by atoms with Crippen LogP contribution in [0.4, 0.5) is 0 Å². The van der Waals surface area contributed by atoms with E-state index in [1.54, 1.807) is 18.3 Å². The molecule has 1 amide bonds. The molecule has 5 heteroatoms. The Balaban J connectivity index is 1.57. The van der Waals surface area contributed by atoms with Crippen LogP contribution in [-0.4, -0.2) is 16.1 Å². The largest absolute Gasteiger partial charge is 0.459 e. The van der Waals surface area contributed by atoms with E-state index in [0.717, 1.165) is 27.6 Å². The van der Waals surface area contributed by atoms with Gasteiger partial charge in [0.15, 0.2) is 0 Å². The second kappa shape index (κ2) is 5.28. The maximum Gasteiger partial charge on any atom is 0.251 e. The number of nitrogens with one attached hydrogen (secondary N) is 2. The first-order valence-electron chi connectivity index (χ1n) is 7.43. The summed E-state index contributed by atoms with van der Waals surface area (Å²) < 4.78 is 5.79. The molecule has 0 radical (unpaired) electrons. The molecule has 4 rings (SSSR count). The fraction of sp³-hybridized carbons (Fsp3) is 0.111. The molecule has 4 aromatic rings. The number of hydrogen-bond acceptors (Lipinski definition) is 3. The summed E-state index contributed by atoms with van der Waals surface area (Å²) in [4.78, 5) is 12.4. The zero-order valence-electron chi connectivity index (χ0n) is 12.5. The number of fused-ring (bicyclic) bond motifs is 2. The molecule has 0 aliphatic carbocycles. The van der Waals surface area contributed by atoms with Gasteiger partial charge in [-0.05, 0) is 31.2 Å². The van der Waals surface area contributed by atoms with Crippen molar-refractivity contribution < 1.29 is 9.21 Å². The minimum absolute atomic E-state index is 0.144. The molecule has 0 unspecified atom stereocenters. The Morgan fingerprint density at radius 2 is 2.04 bits per heavy atom. The van der Waals surface area contributed by atoms with Crippen molar-refractivity contribution in [2.45, 2.75) is 13.0 Å². The lowest BCUT2D eigenvalue weighted by Crippen LogP contribution is -2.26. The predicted molar refractivity (Wildman–Crippen MR) is 88.2 cm³/mol. The van der Waals surface area contributed by atoms with Crippen LogP contribution in [0.25, 0.3) is 21.9 Å². The number of furan rings is 1. The molecule has 23 heavy (non-hydrogen) atoms. The highest BCUT2D eigenvalue weighted by Gasteiger charge is 2.15. The van der Waals surface area contributed by atoms with Gasteiger partial charge in [0, 0.05) is 16.3 Å². The summed E-state index contributed by atoms with van der Waals surface area (Å²) in [6.45, 7) is 1.91. The molecular weight excluding hydrogens is 290 g/mol. The standard InChI is InChI=1S/C18H15N3O2/c1-11(17-9-12-4-2-3-5-16(12)23-17)20-18(22)13-6-7-14-10-19-21-15(14)8-13/h2-11H,1H3,(H,19,21)(H,20,22)/t11-/m0/s1. The zero-order chi connectivity index (χ0) is 15.8. The second-order valence-corrected chi connectivity index (χ2v) is 5.55. The number of carbonyl (C=O) groups excluding carboxylic acids is 1. The van der Waals surface area contributed by atoms with Crippen molar-refractivity contribution in [1.29, 1.82) is 0 Å². The van der Waals surface area contributed by atoms with Gasteiger partial charge in [0.2, 0.25) is 0 Å². The SMILES string of the molecule is C[C@H](NC(=O)c1ccc2cn[nH]c2c1)c1cc2ccccc2o1. The lowest BCUT2D eigenvalue weighted by atomic mass is 10.1. The van der Waals surface area contributed by atoms with Crippen LogP contribution in [0.1, 0.15) is 29.1 Å². The third-order valence-corrected chi connectivity index (χ3v) is 3.92. The maximum atomic E-state index is 12.4. The van der Waals surface area contributed by atoms with Crippen LogP contribution in [-0.2, 0) is 0 Å². The van der Waals surface area contributed by atoms with Crippen molar-refractivity contribution in [3.05, 3.63) is 66.1 Å². The Labute approximate surface area is 132 Å². The fourth-order valence-corrected chi connectivity index (χ4v) is 2.65. The van der Waals surface area contributed by atoms with Gasteiger partial charge in [0.05, 0.1) is 17.8 Å². The number of hydrogen-bond donors (Lipinski definition) is 2. The van der Waals surface area contributed by atoms with Gasteiger partial charge < -0.3 is 9.73 Å². The first-order chi connectivity index (χ1) is 11.2. The van der Waals surface area contributed by atoms with E-state index in [1.807, 2.05) is 43.3 Å². The highest BCUT2D eigenvalue weighted by atomic mass is 16.3. The van der Waals surface area contributed by atoms with Gasteiger partial charge in [-0.25, -0.2) is 0 Å². The Kier molecular flexibility index (Phi) is 3.12. The number of carbonyl (C=O) groups is 1. The highest BCUT2D eigenvalue weighted by molar-refractivity contribution is 5.97. The van der Waals surface area contributed by atoms with Crippen molar-refractivity contribution in [3.8, 4) is 0 Å². The molecule has 0 saturated carbocycles. The Hall–Kier alpha value is -3.08. The third-order valence-electron chi connectivity index (χ3n) is 3.92. The number of H-pyrrole nitrogens is 1. The molecule has 0 saturated heterocycles. The Morgan fingerprint density at radius 3 is 2.91 bits per heavy atom. The summed E-state index contributed by atoms with van der Waals surface area (Å²) in [6, 6.07) is 15.0. The minimum Gasteiger partial charge on any atom is -0.459 e. The van der Waals surface area contributed by atoms with Crippen molar-refractivity contribution in [2.24, 2.45) is 0 Å². The van der Waals surface area contributed by atoms with E-state index in [2.05, 4.69) is 15.5 Å². The summed E-state index contributed by atoms with van der Waals surface area (Å²) in [5.41, 5.74) is 2.25. The van der Waals surface area contributed by atoms with Crippen LogP contribution in [0.15, 0.2) is 59.1 Å². The lowest BCUT2D eigenvalue weighted by Gasteiger charge is -2.11. The molecule has 0 fully saturated rings. The zero-order valence-corrected chi connectivity index (χ0v) is 12.5. The smallest absolute Gasteiger partial charge is 0.251 e. The van der Waals surface area contributed by atoms with Crippen molar-refractivity contribution in [2.75, 3.05) is 0 Å². The van der Waals surface area contributed by atoms with E-state index < -0.39 is 0 Å². The van der Waals surface area contributed by atoms with Crippen LogP contribution in [0.2, 0.25) is 0 Å². The lowest BCUT2D eigenvalue weighted by molar-refractivity contribution is 0.0936. The summed E-state index contributed by atoms with van der Waals surface area (Å²) in [7, 11) is 0. The molecule has 0 spiro atoms. The minimum atomic E-state index is -0.215. The molecule has 5 nitrogen and oxygen atoms in total. The van der Waals surface area contributed by atoms with Crippen LogP contribution in [0, 0.1) is 0 Å². The molecular formula is C18H15N3O2. The molecule has 0 aliphatic rings. The van der Waals surface area contributed by atoms with E-state index in [4.69, 9.17) is 4.42 Å². The molecule has 1 atom stereocenters. The van der Waals surface area contributed by atoms with Crippen molar-refractivity contribution >= 4 is 27.8 Å². The average molecular weight is 305 g/mol. The van der Waals surface area contributed by atoms with Gasteiger partial charge >= 0.3 is 0 Å². The topological polar surface area (TPSA) is 70.9 Å². The number of amides is 1. The van der Waals surface area contributed by atoms with E-state index in [9.17, 15) is 4.79 Å². The normalized spacial score (nSPS) is 12.6. The number of rotatable bonds is 3. The van der Waals surface area contributed by atoms with Gasteiger partial charge in [-0.15, -0.1) is 0 Å². The number of para-hydroxylation sites is 1. The van der Waals surface area contributed by atoms with Crippen LogP contribution in [0.5, 0.6) is 0 Å². The van der Waals surface area contributed by atoms with Gasteiger partial charge in [-0.1, -0.05) is 24.3 Å². The first-order valence-corrected chi connectivity index (χ1v) is 7.43. The fourth-order valence-electron chi connectivity index (χ4n) is 2.65. The monoisotopic (exact) mass is 305 g/mol. The average Bonchev–Trinajstić information content (AvgIpc) is 3.20. The van der Waals surface area contributed by atoms with Crippen molar-refractivity contribution in [1.82, 2.24) is 15.5 Å². The number of aromatic nitrogens is 2. The third kappa shape index (κ3) is 2.46. The van der Waals surface area contributed by atoms with Crippen LogP contribution < -0.4 is 5.32 Å². The van der Waals surface area contributed by atoms with E-state index in [-0.39, 0.29) is 11.9 Å². The molecule has 2 heterocycles.